The van der Waals surface area contributed by atoms with Gasteiger partial charge in [-0.2, -0.15) is 0 Å². The Kier molecular flexibility index (Phi) is 4.76. The molecule has 1 unspecified atom stereocenters. The first-order valence-electron chi connectivity index (χ1n) is 5.39. The molecule has 0 bridgehead atoms. The van der Waals surface area contributed by atoms with Gasteiger partial charge < -0.3 is 9.64 Å². The van der Waals surface area contributed by atoms with Gasteiger partial charge in [-0.05, 0) is 18.6 Å². The number of rotatable bonds is 5. The molecule has 0 aliphatic carbocycles. The number of carbonyl (C=O) groups excluding carboxylic acids is 1. The van der Waals surface area contributed by atoms with Gasteiger partial charge in [-0.15, -0.1) is 0 Å². The number of carbonyl (C=O) groups is 1. The topological polar surface area (TPSA) is 42.4 Å². The molecule has 0 spiro atoms. The Labute approximate surface area is 96.2 Å². The quantitative estimate of drug-likeness (QED) is 0.711. The molecule has 0 N–H and O–H groups in total. The van der Waals surface area contributed by atoms with E-state index in [9.17, 15) is 4.79 Å². The predicted molar refractivity (Wildman–Crippen MR) is 63.3 cm³/mol. The van der Waals surface area contributed by atoms with Crippen LogP contribution in [0.3, 0.4) is 0 Å². The summed E-state index contributed by atoms with van der Waals surface area (Å²) < 4.78 is 4.75. The Hall–Kier alpha value is -1.58. The van der Waals surface area contributed by atoms with Crippen molar-refractivity contribution in [2.24, 2.45) is 5.92 Å². The first-order valence-corrected chi connectivity index (χ1v) is 5.39. The van der Waals surface area contributed by atoms with Crippen molar-refractivity contribution in [3.05, 3.63) is 24.4 Å². The van der Waals surface area contributed by atoms with Crippen LogP contribution in [0.15, 0.2) is 24.4 Å². The van der Waals surface area contributed by atoms with E-state index >= 15 is 0 Å². The third-order valence-electron chi connectivity index (χ3n) is 2.56. The van der Waals surface area contributed by atoms with Crippen LogP contribution in [0.25, 0.3) is 0 Å². The van der Waals surface area contributed by atoms with Gasteiger partial charge in [0.2, 0.25) is 0 Å². The molecule has 1 aromatic rings. The van der Waals surface area contributed by atoms with Crippen LogP contribution in [0.2, 0.25) is 0 Å². The number of nitrogens with zero attached hydrogens (tertiary/aromatic N) is 2. The lowest BCUT2D eigenvalue weighted by Crippen LogP contribution is -2.31. The Morgan fingerprint density at radius 2 is 2.31 bits per heavy atom. The van der Waals surface area contributed by atoms with E-state index in [0.29, 0.717) is 6.54 Å². The fraction of sp³-hybridized carbons (Fsp3) is 0.500. The molecule has 1 aromatic heterocycles. The molecule has 0 aliphatic rings. The maximum absolute atomic E-state index is 11.4. The van der Waals surface area contributed by atoms with Crippen molar-refractivity contribution in [3.8, 4) is 0 Å². The highest BCUT2D eigenvalue weighted by atomic mass is 16.5. The predicted octanol–water partition coefficient (Wildman–Crippen LogP) is 1.72. The molecule has 0 aliphatic heterocycles. The summed E-state index contributed by atoms with van der Waals surface area (Å²) in [6.07, 6.45) is 2.51. The third kappa shape index (κ3) is 3.22. The molecule has 88 valence electrons. The maximum atomic E-state index is 11.4. The van der Waals surface area contributed by atoms with E-state index in [4.69, 9.17) is 4.74 Å². The second-order valence-corrected chi connectivity index (χ2v) is 3.70. The lowest BCUT2D eigenvalue weighted by molar-refractivity contribution is -0.145. The molecule has 0 fully saturated rings. The van der Waals surface area contributed by atoms with Crippen molar-refractivity contribution in [2.75, 3.05) is 25.6 Å². The maximum Gasteiger partial charge on any atom is 0.310 e. The molecule has 4 heteroatoms. The van der Waals surface area contributed by atoms with E-state index in [-0.39, 0.29) is 11.9 Å². The summed E-state index contributed by atoms with van der Waals surface area (Å²) in [6, 6.07) is 5.72. The van der Waals surface area contributed by atoms with Crippen LogP contribution in [0.1, 0.15) is 13.3 Å². The number of pyridine rings is 1. The first-order chi connectivity index (χ1) is 7.69. The number of ether oxygens (including phenoxy) is 1. The van der Waals surface area contributed by atoms with Crippen LogP contribution in [0.4, 0.5) is 5.82 Å². The molecule has 0 amide bonds. The number of anilines is 1. The summed E-state index contributed by atoms with van der Waals surface area (Å²) >= 11 is 0. The van der Waals surface area contributed by atoms with Gasteiger partial charge in [0, 0.05) is 19.8 Å². The zero-order valence-electron chi connectivity index (χ0n) is 10.0. The molecule has 1 heterocycles. The van der Waals surface area contributed by atoms with Crippen molar-refractivity contribution < 1.29 is 9.53 Å². The van der Waals surface area contributed by atoms with E-state index < -0.39 is 0 Å². The van der Waals surface area contributed by atoms with Crippen molar-refractivity contribution in [3.63, 3.8) is 0 Å². The van der Waals surface area contributed by atoms with Gasteiger partial charge in [-0.25, -0.2) is 4.98 Å². The smallest absolute Gasteiger partial charge is 0.310 e. The second kappa shape index (κ2) is 6.10. The molecular weight excluding hydrogens is 204 g/mol. The largest absolute Gasteiger partial charge is 0.469 e. The Morgan fingerprint density at radius 3 is 2.81 bits per heavy atom. The Balaban J connectivity index is 2.62. The van der Waals surface area contributed by atoms with Gasteiger partial charge in [0.05, 0.1) is 13.0 Å². The monoisotopic (exact) mass is 222 g/mol. The van der Waals surface area contributed by atoms with E-state index in [1.54, 1.807) is 6.20 Å². The van der Waals surface area contributed by atoms with Crippen LogP contribution < -0.4 is 4.90 Å². The van der Waals surface area contributed by atoms with Gasteiger partial charge in [0.15, 0.2) is 0 Å². The Bertz CT molecular complexity index is 327. The van der Waals surface area contributed by atoms with Crippen LogP contribution in [-0.2, 0) is 9.53 Å². The zero-order chi connectivity index (χ0) is 12.0. The number of aromatic nitrogens is 1. The fourth-order valence-electron chi connectivity index (χ4n) is 1.54. The molecule has 0 saturated carbocycles. The van der Waals surface area contributed by atoms with Crippen molar-refractivity contribution in [2.45, 2.75) is 13.3 Å². The SMILES string of the molecule is CCC(CN(C)c1ccccn1)C(=O)OC. The van der Waals surface area contributed by atoms with Gasteiger partial charge >= 0.3 is 5.97 Å². The number of methoxy groups -OCH3 is 1. The summed E-state index contributed by atoms with van der Waals surface area (Å²) in [5.41, 5.74) is 0. The minimum absolute atomic E-state index is 0.1000. The number of hydrogen-bond donors (Lipinski definition) is 0. The first kappa shape index (κ1) is 12.5. The minimum atomic E-state index is -0.162. The molecule has 1 atom stereocenters. The summed E-state index contributed by atoms with van der Waals surface area (Å²) in [7, 11) is 3.35. The van der Waals surface area contributed by atoms with E-state index in [1.807, 2.05) is 37.1 Å². The van der Waals surface area contributed by atoms with Crippen LogP contribution in [0, 0.1) is 5.92 Å². The van der Waals surface area contributed by atoms with Crippen molar-refractivity contribution in [1.29, 1.82) is 0 Å². The standard InChI is InChI=1S/C12H18N2O2/c1-4-10(12(15)16-3)9-14(2)11-7-5-6-8-13-11/h5-8,10H,4,9H2,1-3H3. The van der Waals surface area contributed by atoms with Crippen LogP contribution in [0.5, 0.6) is 0 Å². The van der Waals surface area contributed by atoms with Gasteiger partial charge in [0.1, 0.15) is 5.82 Å². The molecular formula is C12H18N2O2. The normalized spacial score (nSPS) is 11.9. The summed E-state index contributed by atoms with van der Waals surface area (Å²) in [4.78, 5) is 17.6. The lowest BCUT2D eigenvalue weighted by Gasteiger charge is -2.22. The molecule has 0 saturated heterocycles. The van der Waals surface area contributed by atoms with Gasteiger partial charge in [-0.1, -0.05) is 13.0 Å². The number of esters is 1. The summed E-state index contributed by atoms with van der Waals surface area (Å²) in [6.45, 7) is 2.61. The second-order valence-electron chi connectivity index (χ2n) is 3.70. The minimum Gasteiger partial charge on any atom is -0.469 e. The molecule has 0 aromatic carbocycles. The lowest BCUT2D eigenvalue weighted by atomic mass is 10.1. The van der Waals surface area contributed by atoms with E-state index in [0.717, 1.165) is 12.2 Å². The Morgan fingerprint density at radius 1 is 1.56 bits per heavy atom. The summed E-state index contributed by atoms with van der Waals surface area (Å²) in [5, 5.41) is 0. The van der Waals surface area contributed by atoms with Crippen molar-refractivity contribution in [1.82, 2.24) is 4.98 Å². The third-order valence-corrected chi connectivity index (χ3v) is 2.56. The van der Waals surface area contributed by atoms with Crippen LogP contribution in [-0.4, -0.2) is 31.7 Å². The fourth-order valence-corrected chi connectivity index (χ4v) is 1.54. The van der Waals surface area contributed by atoms with E-state index in [1.165, 1.54) is 7.11 Å². The number of hydrogen-bond acceptors (Lipinski definition) is 4. The average Bonchev–Trinajstić information content (AvgIpc) is 2.35. The molecule has 1 rings (SSSR count). The van der Waals surface area contributed by atoms with Gasteiger partial charge in [-0.3, -0.25) is 4.79 Å². The molecule has 16 heavy (non-hydrogen) atoms. The summed E-state index contributed by atoms with van der Waals surface area (Å²) in [5.74, 6) is 0.604. The highest BCUT2D eigenvalue weighted by Gasteiger charge is 2.19. The highest BCUT2D eigenvalue weighted by molar-refractivity contribution is 5.73. The van der Waals surface area contributed by atoms with Gasteiger partial charge in [0.25, 0.3) is 0 Å². The average molecular weight is 222 g/mol. The molecule has 0 radical (unpaired) electrons. The highest BCUT2D eigenvalue weighted by Crippen LogP contribution is 2.12. The zero-order valence-corrected chi connectivity index (χ0v) is 10.0. The van der Waals surface area contributed by atoms with E-state index in [2.05, 4.69) is 4.98 Å². The van der Waals surface area contributed by atoms with Crippen LogP contribution >= 0.6 is 0 Å². The van der Waals surface area contributed by atoms with Crippen molar-refractivity contribution >= 4 is 11.8 Å². The molecule has 4 nitrogen and oxygen atoms in total.